The number of carbonyl (C=O) groups excluding carboxylic acids is 5. The van der Waals surface area contributed by atoms with E-state index in [0.717, 1.165) is 11.1 Å². The Kier molecular flexibility index (Phi) is 16.5. The van der Waals surface area contributed by atoms with Gasteiger partial charge in [0.05, 0.1) is 6.04 Å². The highest BCUT2D eigenvalue weighted by atomic mass is 35.5. The van der Waals surface area contributed by atoms with Gasteiger partial charge in [-0.15, -0.1) is 11.6 Å². The second-order valence-electron chi connectivity index (χ2n) is 14.7. The number of nitrogens with zero attached hydrogens (tertiary/aromatic N) is 1. The smallest absolute Gasteiger partial charge is 0.226 e. The van der Waals surface area contributed by atoms with Gasteiger partial charge in [0.1, 0.15) is 41.7 Å². The molecule has 0 saturated carbocycles. The van der Waals surface area contributed by atoms with Crippen LogP contribution in [0.15, 0.2) is 54.6 Å². The van der Waals surface area contributed by atoms with Gasteiger partial charge in [-0.1, -0.05) is 42.8 Å². The highest BCUT2D eigenvalue weighted by Crippen LogP contribution is 2.41. The minimum Gasteiger partial charge on any atom is -0.492 e. The fourth-order valence-electron chi connectivity index (χ4n) is 7.10. The Hall–Kier alpha value is -4.67. The van der Waals surface area contributed by atoms with Crippen LogP contribution in [-0.2, 0) is 35.4 Å². The fourth-order valence-corrected chi connectivity index (χ4v) is 8.05. The van der Waals surface area contributed by atoms with Crippen molar-refractivity contribution in [1.29, 1.82) is 0 Å². The molecule has 0 aliphatic carbocycles. The van der Waals surface area contributed by atoms with Gasteiger partial charge in [-0.2, -0.15) is 0 Å². The summed E-state index contributed by atoms with van der Waals surface area (Å²) in [6, 6.07) is 13.0. The first-order valence-electron chi connectivity index (χ1n) is 19.2. The van der Waals surface area contributed by atoms with Crippen LogP contribution in [0.25, 0.3) is 11.1 Å². The second-order valence-corrected chi connectivity index (χ2v) is 17.4. The van der Waals surface area contributed by atoms with Gasteiger partial charge in [0.25, 0.3) is 0 Å². The summed E-state index contributed by atoms with van der Waals surface area (Å²) in [4.78, 5) is 71.2. The van der Waals surface area contributed by atoms with Crippen molar-refractivity contribution < 1.29 is 41.9 Å². The molecule has 1 heterocycles. The highest BCUT2D eigenvalue weighted by Gasteiger charge is 2.36. The van der Waals surface area contributed by atoms with Gasteiger partial charge in [-0.25, -0.2) is 8.42 Å². The predicted molar refractivity (Wildman–Crippen MR) is 222 cm³/mol. The van der Waals surface area contributed by atoms with Crippen LogP contribution in [0.4, 0.5) is 0 Å². The number of likely N-dealkylation sites (N-methyl/N-ethyl adjacent to an activating group) is 1. The minimum absolute atomic E-state index is 0.102. The summed E-state index contributed by atoms with van der Waals surface area (Å²) in [6.07, 6.45) is -0.450. The van der Waals surface area contributed by atoms with Gasteiger partial charge in [-0.05, 0) is 74.2 Å². The van der Waals surface area contributed by atoms with Crippen molar-refractivity contribution in [2.24, 2.45) is 29.0 Å². The van der Waals surface area contributed by atoms with Crippen molar-refractivity contribution in [3.8, 4) is 22.6 Å². The first-order chi connectivity index (χ1) is 27.5. The predicted octanol–water partition coefficient (Wildman–Crippen LogP) is 3.20. The standard InChI is InChI=1S/C42H54ClN5O9S/c1-25-5-8-31(26(2)17-25)35(49)22-30(11-12-44)42(53)48(4)40-29-7-10-39(57-16-14-46)33(21-29)32-19-28(6-9-38(32)56-15-13-45)20-34(37(51)23-58(54,55)24-43)47-41(52)27(3)18-36(40)50/h5-10,17,19,21,27,30,34,40H,11-16,18,20,22-24,44-46H2,1-4H3,(H,47,52)/t27-,30-,34+,40+/m1/s1. The molecule has 0 unspecified atom stereocenters. The van der Waals surface area contributed by atoms with E-state index in [-0.39, 0.29) is 64.3 Å². The summed E-state index contributed by atoms with van der Waals surface area (Å²) in [5, 5.41) is 1.88. The maximum absolute atomic E-state index is 14.6. The number of nitrogens with two attached hydrogens (primary N) is 3. The molecule has 14 nitrogen and oxygen atoms in total. The number of Topliss-reactive ketones (excluding diaryl/α,β-unsaturated/α-hetero) is 3. The fraction of sp³-hybridized carbons (Fsp3) is 0.452. The van der Waals surface area contributed by atoms with Gasteiger partial charge in [0.2, 0.25) is 11.8 Å². The number of ether oxygens (including phenoxy) is 2. The van der Waals surface area contributed by atoms with Crippen molar-refractivity contribution in [2.75, 3.05) is 50.9 Å². The number of hydrogen-bond acceptors (Lipinski definition) is 12. The Morgan fingerprint density at radius 3 is 2.14 bits per heavy atom. The van der Waals surface area contributed by atoms with Crippen LogP contribution in [0.2, 0.25) is 0 Å². The molecule has 0 saturated heterocycles. The number of sulfone groups is 1. The van der Waals surface area contributed by atoms with Crippen molar-refractivity contribution in [1.82, 2.24) is 10.2 Å². The topological polar surface area (TPSA) is 231 Å². The lowest BCUT2D eigenvalue weighted by atomic mass is 9.88. The molecule has 0 aromatic heterocycles. The van der Waals surface area contributed by atoms with E-state index in [1.807, 2.05) is 26.0 Å². The molecule has 58 heavy (non-hydrogen) atoms. The molecule has 4 atom stereocenters. The van der Waals surface area contributed by atoms with E-state index in [4.69, 9.17) is 38.3 Å². The minimum atomic E-state index is -3.98. The Morgan fingerprint density at radius 2 is 1.53 bits per heavy atom. The zero-order valence-corrected chi connectivity index (χ0v) is 35.0. The summed E-state index contributed by atoms with van der Waals surface area (Å²) in [5.74, 6) is -4.75. The lowest BCUT2D eigenvalue weighted by Crippen LogP contribution is -2.47. The number of rotatable bonds is 17. The summed E-state index contributed by atoms with van der Waals surface area (Å²) < 4.78 is 37.0. The SMILES string of the molecule is Cc1ccc(C(=O)C[C@@H](CCN)C(=O)N(C)[C@@H]2C(=O)C[C@@H](C)C(=O)N[C@H](C(=O)CS(=O)(=O)CCl)Cc3ccc(OCCN)c(c3)-c3cc2ccc3OCCN)c(C)c1. The zero-order valence-electron chi connectivity index (χ0n) is 33.4. The van der Waals surface area contributed by atoms with Crippen LogP contribution in [0, 0.1) is 25.7 Å². The average molecular weight is 840 g/mol. The first-order valence-corrected chi connectivity index (χ1v) is 21.5. The molecule has 4 bridgehead atoms. The first kappa shape index (κ1) is 46.0. The molecular formula is C42H54ClN5O9S. The Bertz CT molecular complexity index is 2110. The molecule has 1 aliphatic rings. The molecule has 0 fully saturated rings. The maximum atomic E-state index is 14.6. The van der Waals surface area contributed by atoms with Crippen LogP contribution < -0.4 is 32.0 Å². The lowest BCUT2D eigenvalue weighted by Gasteiger charge is -2.32. The number of alkyl halides is 1. The number of hydrogen-bond donors (Lipinski definition) is 4. The van der Waals surface area contributed by atoms with Crippen LogP contribution in [-0.4, -0.2) is 99.4 Å². The van der Waals surface area contributed by atoms with Gasteiger partial charge in [0.15, 0.2) is 27.2 Å². The van der Waals surface area contributed by atoms with E-state index in [0.29, 0.717) is 39.3 Å². The van der Waals surface area contributed by atoms with E-state index in [1.165, 1.54) is 18.9 Å². The number of amides is 2. The van der Waals surface area contributed by atoms with Crippen molar-refractivity contribution in [2.45, 2.75) is 58.5 Å². The molecule has 16 heteroatoms. The van der Waals surface area contributed by atoms with Crippen LogP contribution in [0.5, 0.6) is 11.5 Å². The third kappa shape index (κ3) is 11.7. The molecular weight excluding hydrogens is 786 g/mol. The molecule has 314 valence electrons. The second kappa shape index (κ2) is 20.8. The summed E-state index contributed by atoms with van der Waals surface area (Å²) in [6.45, 7) is 6.01. The Labute approximate surface area is 345 Å². The van der Waals surface area contributed by atoms with E-state index in [1.54, 1.807) is 42.5 Å². The van der Waals surface area contributed by atoms with E-state index >= 15 is 0 Å². The molecule has 0 spiro atoms. The number of halogens is 1. The highest BCUT2D eigenvalue weighted by molar-refractivity contribution is 7.93. The zero-order chi connectivity index (χ0) is 42.7. The third-order valence-electron chi connectivity index (χ3n) is 10.1. The van der Waals surface area contributed by atoms with Gasteiger partial charge in [0, 0.05) is 61.5 Å². The Morgan fingerprint density at radius 1 is 0.897 bits per heavy atom. The summed E-state index contributed by atoms with van der Waals surface area (Å²) >= 11 is 5.62. The molecule has 2 amide bonds. The molecule has 1 aliphatic heterocycles. The third-order valence-corrected chi connectivity index (χ3v) is 12.1. The molecule has 4 rings (SSSR count). The van der Waals surface area contributed by atoms with Crippen LogP contribution in [0.3, 0.4) is 0 Å². The van der Waals surface area contributed by atoms with Crippen molar-refractivity contribution in [3.05, 3.63) is 82.4 Å². The molecule has 7 N–H and O–H groups in total. The lowest BCUT2D eigenvalue weighted by molar-refractivity contribution is -0.142. The van der Waals surface area contributed by atoms with E-state index < -0.39 is 68.1 Å². The van der Waals surface area contributed by atoms with Gasteiger partial charge < -0.3 is 36.9 Å². The molecule has 3 aromatic carbocycles. The Balaban J connectivity index is 1.90. The van der Waals surface area contributed by atoms with E-state index in [2.05, 4.69) is 5.32 Å². The van der Waals surface area contributed by atoms with Gasteiger partial charge in [-0.3, -0.25) is 24.0 Å². The van der Waals surface area contributed by atoms with Crippen LogP contribution >= 0.6 is 11.6 Å². The van der Waals surface area contributed by atoms with Crippen LogP contribution in [0.1, 0.15) is 64.8 Å². The number of carbonyl (C=O) groups is 5. The quantitative estimate of drug-likeness (QED) is 0.113. The largest absolute Gasteiger partial charge is 0.492 e. The summed E-state index contributed by atoms with van der Waals surface area (Å²) in [7, 11) is -2.51. The number of fused-ring (bicyclic) bond motifs is 5. The molecule has 3 aromatic rings. The monoisotopic (exact) mass is 839 g/mol. The number of benzene rings is 3. The van der Waals surface area contributed by atoms with E-state index in [9.17, 15) is 32.4 Å². The summed E-state index contributed by atoms with van der Waals surface area (Å²) in [5.41, 5.74) is 21.7. The van der Waals surface area contributed by atoms with Gasteiger partial charge >= 0.3 is 0 Å². The van der Waals surface area contributed by atoms with Crippen molar-refractivity contribution >= 4 is 50.6 Å². The maximum Gasteiger partial charge on any atom is 0.226 e. The normalized spacial score (nSPS) is 17.8. The molecule has 0 radical (unpaired) electrons. The number of aryl methyl sites for hydroxylation is 2. The number of ketones is 3. The van der Waals surface area contributed by atoms with Crippen molar-refractivity contribution in [3.63, 3.8) is 0 Å². The average Bonchev–Trinajstić information content (AvgIpc) is 3.18. The number of nitrogens with one attached hydrogen (secondary N) is 1.